The highest BCUT2D eigenvalue weighted by Crippen LogP contribution is 2.21. The fraction of sp³-hybridized carbons (Fsp3) is 0.417. The third-order valence-electron chi connectivity index (χ3n) is 2.30. The molecule has 0 aliphatic rings. The number of carbonyl (C=O) groups excluding carboxylic acids is 1. The van der Waals surface area contributed by atoms with Gasteiger partial charge in [0.05, 0.1) is 22.6 Å². The van der Waals surface area contributed by atoms with Gasteiger partial charge < -0.3 is 10.4 Å². The van der Waals surface area contributed by atoms with Gasteiger partial charge in [0, 0.05) is 5.25 Å². The Kier molecular flexibility index (Phi) is 5.82. The summed E-state index contributed by atoms with van der Waals surface area (Å²) in [5, 5.41) is 12.6. The number of aliphatic hydroxyl groups is 1. The van der Waals surface area contributed by atoms with Crippen LogP contribution in [0.4, 0.5) is 5.69 Å². The predicted molar refractivity (Wildman–Crippen MR) is 73.7 cm³/mol. The molecule has 3 nitrogen and oxygen atoms in total. The van der Waals surface area contributed by atoms with Crippen LogP contribution in [0.1, 0.15) is 13.8 Å². The second-order valence-electron chi connectivity index (χ2n) is 3.78. The molecule has 1 rings (SSSR count). The van der Waals surface area contributed by atoms with E-state index in [1.165, 1.54) is 11.8 Å². The summed E-state index contributed by atoms with van der Waals surface area (Å²) < 4.78 is 0. The Morgan fingerprint density at radius 1 is 1.47 bits per heavy atom. The van der Waals surface area contributed by atoms with Crippen molar-refractivity contribution in [3.05, 3.63) is 29.3 Å². The molecule has 0 saturated carbocycles. The maximum absolute atomic E-state index is 11.6. The maximum Gasteiger partial charge on any atom is 0.234 e. The minimum absolute atomic E-state index is 0.0343. The summed E-state index contributed by atoms with van der Waals surface area (Å²) in [5.41, 5.74) is 0.615. The lowest BCUT2D eigenvalue weighted by atomic mass is 10.3. The Labute approximate surface area is 111 Å². The largest absolute Gasteiger partial charge is 0.392 e. The van der Waals surface area contributed by atoms with E-state index in [-0.39, 0.29) is 11.2 Å². The highest BCUT2D eigenvalue weighted by atomic mass is 35.5. The number of carbonyl (C=O) groups is 1. The van der Waals surface area contributed by atoms with Crippen LogP contribution in [-0.2, 0) is 4.79 Å². The van der Waals surface area contributed by atoms with Crippen LogP contribution in [0.25, 0.3) is 0 Å². The van der Waals surface area contributed by atoms with Gasteiger partial charge in [-0.1, -0.05) is 30.7 Å². The van der Waals surface area contributed by atoms with Gasteiger partial charge in [-0.3, -0.25) is 4.79 Å². The van der Waals surface area contributed by atoms with E-state index >= 15 is 0 Å². The fourth-order valence-electron chi connectivity index (χ4n) is 1.10. The number of amides is 1. The first-order valence-corrected chi connectivity index (χ1v) is 6.77. The van der Waals surface area contributed by atoms with Crippen molar-refractivity contribution in [3.8, 4) is 0 Å². The molecule has 2 N–H and O–H groups in total. The molecule has 0 radical (unpaired) electrons. The maximum atomic E-state index is 11.6. The molecular weight excluding hydrogens is 258 g/mol. The molecule has 0 spiro atoms. The number of aliphatic hydroxyl groups excluding tert-OH is 1. The third kappa shape index (κ3) is 4.98. The number of para-hydroxylation sites is 1. The van der Waals surface area contributed by atoms with E-state index < -0.39 is 6.10 Å². The zero-order chi connectivity index (χ0) is 12.8. The van der Waals surface area contributed by atoms with E-state index in [2.05, 4.69) is 5.32 Å². The highest BCUT2D eigenvalue weighted by Gasteiger charge is 2.12. The van der Waals surface area contributed by atoms with Crippen LogP contribution in [0, 0.1) is 0 Å². The second kappa shape index (κ2) is 6.89. The minimum Gasteiger partial charge on any atom is -0.392 e. The molecule has 0 aromatic heterocycles. The third-order valence-corrected chi connectivity index (χ3v) is 3.98. The summed E-state index contributed by atoms with van der Waals surface area (Å²) in [5.74, 6) is 0.188. The first-order valence-electron chi connectivity index (χ1n) is 5.34. The van der Waals surface area contributed by atoms with Crippen LogP contribution in [0.2, 0.25) is 5.02 Å². The number of hydrogen-bond donors (Lipinski definition) is 2. The zero-order valence-corrected chi connectivity index (χ0v) is 11.4. The highest BCUT2D eigenvalue weighted by molar-refractivity contribution is 8.00. The van der Waals surface area contributed by atoms with Gasteiger partial charge in [-0.15, -0.1) is 11.8 Å². The molecule has 0 saturated heterocycles. The van der Waals surface area contributed by atoms with Crippen molar-refractivity contribution in [2.45, 2.75) is 25.2 Å². The lowest BCUT2D eigenvalue weighted by molar-refractivity contribution is -0.113. The summed E-state index contributed by atoms with van der Waals surface area (Å²) in [6.45, 7) is 3.60. The SMILES string of the molecule is CC(O)C(C)SCC(=O)Nc1ccccc1Cl. The molecule has 2 unspecified atom stereocenters. The lowest BCUT2D eigenvalue weighted by Crippen LogP contribution is -2.20. The Morgan fingerprint density at radius 3 is 2.71 bits per heavy atom. The van der Waals surface area contributed by atoms with E-state index in [1.807, 2.05) is 19.1 Å². The van der Waals surface area contributed by atoms with Gasteiger partial charge in [-0.25, -0.2) is 0 Å². The Bertz CT molecular complexity index is 385. The van der Waals surface area contributed by atoms with Crippen molar-refractivity contribution in [1.29, 1.82) is 0 Å². The molecule has 2 atom stereocenters. The molecular formula is C12H16ClNO2S. The van der Waals surface area contributed by atoms with Crippen molar-refractivity contribution in [2.24, 2.45) is 0 Å². The van der Waals surface area contributed by atoms with Crippen LogP contribution in [0.5, 0.6) is 0 Å². The first-order chi connectivity index (χ1) is 8.00. The van der Waals surface area contributed by atoms with Crippen LogP contribution in [0.15, 0.2) is 24.3 Å². The molecule has 0 aliphatic heterocycles. The molecule has 1 aromatic carbocycles. The van der Waals surface area contributed by atoms with Crippen molar-refractivity contribution < 1.29 is 9.90 Å². The van der Waals surface area contributed by atoms with Gasteiger partial charge >= 0.3 is 0 Å². The quantitative estimate of drug-likeness (QED) is 0.867. The molecule has 17 heavy (non-hydrogen) atoms. The van der Waals surface area contributed by atoms with Crippen LogP contribution in [0.3, 0.4) is 0 Å². The number of nitrogens with one attached hydrogen (secondary N) is 1. The van der Waals surface area contributed by atoms with E-state index in [0.29, 0.717) is 16.5 Å². The van der Waals surface area contributed by atoms with E-state index in [4.69, 9.17) is 11.6 Å². The number of hydrogen-bond acceptors (Lipinski definition) is 3. The van der Waals surface area contributed by atoms with Gasteiger partial charge in [0.25, 0.3) is 0 Å². The fourth-order valence-corrected chi connectivity index (χ4v) is 2.04. The summed E-state index contributed by atoms with van der Waals surface area (Å²) >= 11 is 7.33. The van der Waals surface area contributed by atoms with E-state index in [9.17, 15) is 9.90 Å². The van der Waals surface area contributed by atoms with E-state index in [1.54, 1.807) is 19.1 Å². The van der Waals surface area contributed by atoms with Crippen molar-refractivity contribution in [3.63, 3.8) is 0 Å². The van der Waals surface area contributed by atoms with E-state index in [0.717, 1.165) is 0 Å². The predicted octanol–water partition coefficient (Wildman–Crippen LogP) is 2.78. The van der Waals surface area contributed by atoms with Crippen LogP contribution < -0.4 is 5.32 Å². The number of rotatable bonds is 5. The summed E-state index contributed by atoms with van der Waals surface area (Å²) in [7, 11) is 0. The number of thioether (sulfide) groups is 1. The van der Waals surface area contributed by atoms with Crippen molar-refractivity contribution in [1.82, 2.24) is 0 Å². The molecule has 0 heterocycles. The van der Waals surface area contributed by atoms with Crippen LogP contribution in [-0.4, -0.2) is 28.1 Å². The monoisotopic (exact) mass is 273 g/mol. The van der Waals surface area contributed by atoms with Gasteiger partial charge in [0.15, 0.2) is 0 Å². The first kappa shape index (κ1) is 14.4. The Hall–Kier alpha value is -0.710. The zero-order valence-electron chi connectivity index (χ0n) is 9.81. The smallest absolute Gasteiger partial charge is 0.234 e. The average Bonchev–Trinajstić information content (AvgIpc) is 2.29. The molecule has 0 bridgehead atoms. The molecule has 1 aromatic rings. The standard InChI is InChI=1S/C12H16ClNO2S/c1-8(15)9(2)17-7-12(16)14-11-6-4-3-5-10(11)13/h3-6,8-9,15H,7H2,1-2H3,(H,14,16). The van der Waals surface area contributed by atoms with Gasteiger partial charge in [0.1, 0.15) is 0 Å². The molecule has 5 heteroatoms. The molecule has 1 amide bonds. The second-order valence-corrected chi connectivity index (χ2v) is 5.56. The molecule has 0 aliphatic carbocycles. The number of benzene rings is 1. The topological polar surface area (TPSA) is 49.3 Å². The summed E-state index contributed by atoms with van der Waals surface area (Å²) in [6, 6.07) is 7.10. The number of halogens is 1. The van der Waals surface area contributed by atoms with Gasteiger partial charge in [-0.05, 0) is 19.1 Å². The lowest BCUT2D eigenvalue weighted by Gasteiger charge is -2.13. The average molecular weight is 274 g/mol. The Morgan fingerprint density at radius 2 is 2.12 bits per heavy atom. The van der Waals surface area contributed by atoms with Gasteiger partial charge in [0.2, 0.25) is 5.91 Å². The van der Waals surface area contributed by atoms with Crippen molar-refractivity contribution >= 4 is 35.0 Å². The molecule has 94 valence electrons. The minimum atomic E-state index is -0.423. The van der Waals surface area contributed by atoms with Crippen LogP contribution >= 0.6 is 23.4 Å². The normalized spacial score (nSPS) is 14.1. The number of anilines is 1. The van der Waals surface area contributed by atoms with Crippen molar-refractivity contribution in [2.75, 3.05) is 11.1 Å². The summed E-state index contributed by atoms with van der Waals surface area (Å²) in [6.07, 6.45) is -0.423. The Balaban J connectivity index is 2.43. The van der Waals surface area contributed by atoms with Gasteiger partial charge in [-0.2, -0.15) is 0 Å². The molecule has 0 fully saturated rings. The summed E-state index contributed by atoms with van der Waals surface area (Å²) in [4.78, 5) is 11.6.